The molecule has 0 unspecified atom stereocenters. The molecule has 0 spiro atoms. The Morgan fingerprint density at radius 2 is 1.88 bits per heavy atom. The number of hydrogen-bond donors (Lipinski definition) is 1. The van der Waals surface area contributed by atoms with E-state index in [-0.39, 0.29) is 13.2 Å². The van der Waals surface area contributed by atoms with Gasteiger partial charge in [-0.25, -0.2) is 21.6 Å². The lowest BCUT2D eigenvalue weighted by Gasteiger charge is -2.24. The van der Waals surface area contributed by atoms with Crippen LogP contribution in [0.2, 0.25) is 0 Å². The molecule has 1 aromatic heterocycles. The summed E-state index contributed by atoms with van der Waals surface area (Å²) < 4.78 is 98.1. The highest BCUT2D eigenvalue weighted by Gasteiger charge is 2.35. The van der Waals surface area contributed by atoms with E-state index in [1.807, 2.05) is 0 Å². The van der Waals surface area contributed by atoms with Crippen LogP contribution in [0.4, 0.5) is 13.2 Å². The molecule has 1 aromatic carbocycles. The number of ether oxygens (including phenoxy) is 1. The lowest BCUT2D eigenvalue weighted by atomic mass is 9.94. The summed E-state index contributed by atoms with van der Waals surface area (Å²) in [4.78, 5) is 10.2. The normalized spacial score (nSPS) is 16.9. The molecule has 1 aliphatic rings. The minimum atomic E-state index is -4.95. The zero-order chi connectivity index (χ0) is 24.6. The van der Waals surface area contributed by atoms with Gasteiger partial charge in [0.15, 0.2) is 9.84 Å². The largest absolute Gasteiger partial charge is 0.465 e. The first-order chi connectivity index (χ1) is 15.2. The monoisotopic (exact) mass is 509 g/mol. The van der Waals surface area contributed by atoms with Gasteiger partial charge in [0.05, 0.1) is 34.2 Å². The third-order valence-corrected chi connectivity index (χ3v) is 7.63. The summed E-state index contributed by atoms with van der Waals surface area (Å²) in [6, 6.07) is 0.670. The van der Waals surface area contributed by atoms with Crippen molar-refractivity contribution in [3.05, 3.63) is 41.2 Å². The number of nitrogens with one attached hydrogen (secondary N) is 1. The highest BCUT2D eigenvalue weighted by Crippen LogP contribution is 2.35. The van der Waals surface area contributed by atoms with Crippen molar-refractivity contribution in [3.8, 4) is 0 Å². The van der Waals surface area contributed by atoms with Crippen LogP contribution in [-0.4, -0.2) is 45.4 Å². The lowest BCUT2D eigenvalue weighted by Crippen LogP contribution is -2.31. The van der Waals surface area contributed by atoms with E-state index in [0.29, 0.717) is 55.0 Å². The second-order valence-electron chi connectivity index (χ2n) is 7.54. The second kappa shape index (κ2) is 9.06. The fraction of sp³-hybridized carbons (Fsp3) is 0.474. The number of benzene rings is 1. The first kappa shape index (κ1) is 25.2. The summed E-state index contributed by atoms with van der Waals surface area (Å²) in [6.45, 7) is 1.69. The van der Waals surface area contributed by atoms with Crippen LogP contribution in [0.5, 0.6) is 0 Å². The van der Waals surface area contributed by atoms with Crippen LogP contribution in [-0.2, 0) is 48.5 Å². The topological polar surface area (TPSA) is 124 Å². The Morgan fingerprint density at radius 3 is 2.48 bits per heavy atom. The minimum Gasteiger partial charge on any atom is -0.465 e. The standard InChI is InChI=1S/C19H22F3N3O6S2/c1-3-31-18(26)11-25-17-6-4-5-16(15(17)10-23-25)24-33(29,30)14-8-12(19(20,21)22)7-13(9-14)32(2,27)28/h7-10,16,24H,3-6,11H2,1-2H3/t16-/m1/s1. The van der Waals surface area contributed by atoms with Crippen molar-refractivity contribution in [3.63, 3.8) is 0 Å². The smallest absolute Gasteiger partial charge is 0.416 e. The number of aromatic nitrogens is 2. The SMILES string of the molecule is CCOC(=O)Cn1ncc2c1CCC[C@H]2NS(=O)(=O)c1cc(C(F)(F)F)cc(S(C)(=O)=O)c1. The Morgan fingerprint density at radius 1 is 1.21 bits per heavy atom. The molecule has 1 atom stereocenters. The summed E-state index contributed by atoms with van der Waals surface area (Å²) in [5.41, 5.74) is -0.287. The Bertz CT molecular complexity index is 1270. The lowest BCUT2D eigenvalue weighted by molar-refractivity contribution is -0.144. The van der Waals surface area contributed by atoms with Gasteiger partial charge in [-0.15, -0.1) is 0 Å². The third-order valence-electron chi connectivity index (χ3n) is 5.09. The second-order valence-corrected chi connectivity index (χ2v) is 11.3. The van der Waals surface area contributed by atoms with Crippen molar-refractivity contribution < 1.29 is 39.5 Å². The summed E-state index contributed by atoms with van der Waals surface area (Å²) in [6.07, 6.45) is -1.46. The van der Waals surface area contributed by atoms with Crippen LogP contribution in [0.3, 0.4) is 0 Å². The van der Waals surface area contributed by atoms with Crippen molar-refractivity contribution in [1.29, 1.82) is 0 Å². The molecule has 33 heavy (non-hydrogen) atoms. The molecule has 0 saturated heterocycles. The molecular formula is C19H22F3N3O6S2. The molecule has 0 saturated carbocycles. The van der Waals surface area contributed by atoms with Crippen molar-refractivity contribution in [2.45, 2.75) is 54.7 Å². The zero-order valence-electron chi connectivity index (χ0n) is 17.7. The van der Waals surface area contributed by atoms with Crippen LogP contribution >= 0.6 is 0 Å². The summed E-state index contributed by atoms with van der Waals surface area (Å²) >= 11 is 0. The number of sulfone groups is 1. The van der Waals surface area contributed by atoms with Crippen molar-refractivity contribution in [2.24, 2.45) is 0 Å². The molecule has 0 amide bonds. The maximum absolute atomic E-state index is 13.3. The molecule has 182 valence electrons. The average molecular weight is 510 g/mol. The number of fused-ring (bicyclic) bond motifs is 1. The van der Waals surface area contributed by atoms with E-state index in [2.05, 4.69) is 9.82 Å². The van der Waals surface area contributed by atoms with E-state index in [1.54, 1.807) is 6.92 Å². The number of esters is 1. The fourth-order valence-electron chi connectivity index (χ4n) is 3.57. The van der Waals surface area contributed by atoms with Gasteiger partial charge in [0.1, 0.15) is 6.54 Å². The molecular weight excluding hydrogens is 487 g/mol. The Balaban J connectivity index is 1.96. The Hall–Kier alpha value is -2.45. The number of hydrogen-bond acceptors (Lipinski definition) is 7. The van der Waals surface area contributed by atoms with Crippen LogP contribution in [0.1, 0.15) is 42.6 Å². The third kappa shape index (κ3) is 5.73. The van der Waals surface area contributed by atoms with Crippen LogP contribution < -0.4 is 4.72 Å². The maximum Gasteiger partial charge on any atom is 0.416 e. The van der Waals surface area contributed by atoms with Gasteiger partial charge in [0, 0.05) is 17.5 Å². The van der Waals surface area contributed by atoms with Gasteiger partial charge >= 0.3 is 12.1 Å². The van der Waals surface area contributed by atoms with E-state index in [9.17, 15) is 34.8 Å². The number of alkyl halides is 3. The molecule has 1 N–H and O–H groups in total. The first-order valence-electron chi connectivity index (χ1n) is 9.87. The van der Waals surface area contributed by atoms with E-state index in [0.717, 1.165) is 0 Å². The molecule has 0 radical (unpaired) electrons. The van der Waals surface area contributed by atoms with Gasteiger partial charge in [-0.05, 0) is 44.4 Å². The molecule has 1 aliphatic carbocycles. The van der Waals surface area contributed by atoms with Gasteiger partial charge in [0.2, 0.25) is 10.0 Å². The number of nitrogens with zero attached hydrogens (tertiary/aromatic N) is 2. The quantitative estimate of drug-likeness (QED) is 0.568. The number of sulfonamides is 1. The summed E-state index contributed by atoms with van der Waals surface area (Å²) in [5, 5.41) is 4.12. The van der Waals surface area contributed by atoms with Gasteiger partial charge in [-0.1, -0.05) is 0 Å². The predicted molar refractivity (Wildman–Crippen MR) is 109 cm³/mol. The number of carbonyl (C=O) groups excluding carboxylic acids is 1. The summed E-state index contributed by atoms with van der Waals surface area (Å²) in [5.74, 6) is -0.511. The van der Waals surface area contributed by atoms with Crippen LogP contribution in [0.25, 0.3) is 0 Å². The molecule has 2 aromatic rings. The fourth-order valence-corrected chi connectivity index (χ4v) is 5.64. The Labute approximate surface area is 188 Å². The number of halogens is 3. The Kier molecular flexibility index (Phi) is 6.92. The van der Waals surface area contributed by atoms with Crippen molar-refractivity contribution >= 4 is 25.8 Å². The van der Waals surface area contributed by atoms with E-state index in [4.69, 9.17) is 4.74 Å². The van der Waals surface area contributed by atoms with Crippen molar-refractivity contribution in [1.82, 2.24) is 14.5 Å². The zero-order valence-corrected chi connectivity index (χ0v) is 19.3. The molecule has 3 rings (SSSR count). The van der Waals surface area contributed by atoms with E-state index in [1.165, 1.54) is 10.9 Å². The van der Waals surface area contributed by atoms with Gasteiger partial charge in [0.25, 0.3) is 0 Å². The summed E-state index contributed by atoms with van der Waals surface area (Å²) in [7, 11) is -8.65. The molecule has 0 fully saturated rings. The molecule has 9 nitrogen and oxygen atoms in total. The van der Waals surface area contributed by atoms with Gasteiger partial charge in [-0.2, -0.15) is 18.3 Å². The highest BCUT2D eigenvalue weighted by molar-refractivity contribution is 7.91. The highest BCUT2D eigenvalue weighted by atomic mass is 32.2. The molecule has 0 bridgehead atoms. The van der Waals surface area contributed by atoms with Gasteiger partial charge < -0.3 is 4.74 Å². The molecule has 14 heteroatoms. The number of carbonyl (C=O) groups is 1. The predicted octanol–water partition coefficient (Wildman–Crippen LogP) is 2.22. The average Bonchev–Trinajstić information content (AvgIpc) is 3.10. The van der Waals surface area contributed by atoms with E-state index >= 15 is 0 Å². The van der Waals surface area contributed by atoms with Crippen molar-refractivity contribution in [2.75, 3.05) is 12.9 Å². The molecule has 1 heterocycles. The number of rotatable bonds is 7. The van der Waals surface area contributed by atoms with Crippen LogP contribution in [0, 0.1) is 0 Å². The molecule has 0 aliphatic heterocycles. The van der Waals surface area contributed by atoms with E-state index < -0.39 is 53.4 Å². The van der Waals surface area contributed by atoms with Gasteiger partial charge in [-0.3, -0.25) is 9.48 Å². The van der Waals surface area contributed by atoms with Crippen LogP contribution in [0.15, 0.2) is 34.2 Å². The minimum absolute atomic E-state index is 0.159. The maximum atomic E-state index is 13.3. The first-order valence-corrected chi connectivity index (χ1v) is 13.2.